The van der Waals surface area contributed by atoms with Crippen molar-refractivity contribution in [3.63, 3.8) is 0 Å². The number of nitrogens with two attached hydrogens (primary N) is 1. The zero-order valence-electron chi connectivity index (χ0n) is 17.5. The van der Waals surface area contributed by atoms with Crippen molar-refractivity contribution < 1.29 is 50.5 Å². The van der Waals surface area contributed by atoms with Gasteiger partial charge in [0, 0.05) is 7.05 Å². The van der Waals surface area contributed by atoms with E-state index in [0.29, 0.717) is 0 Å². The largest absolute Gasteiger partial charge is 0.573 e. The van der Waals surface area contributed by atoms with Crippen LogP contribution in [-0.2, 0) is 19.4 Å². The van der Waals surface area contributed by atoms with Gasteiger partial charge in [-0.3, -0.25) is 4.79 Å². The highest BCUT2D eigenvalue weighted by Gasteiger charge is 2.52. The van der Waals surface area contributed by atoms with E-state index in [2.05, 4.69) is 4.74 Å². The summed E-state index contributed by atoms with van der Waals surface area (Å²) < 4.78 is 76.4. The summed E-state index contributed by atoms with van der Waals surface area (Å²) in [6, 6.07) is 8.05. The van der Waals surface area contributed by atoms with Crippen LogP contribution in [0.25, 0.3) is 0 Å². The Morgan fingerprint density at radius 1 is 1.12 bits per heavy atom. The molecule has 1 fully saturated rings. The van der Waals surface area contributed by atoms with E-state index in [-0.39, 0.29) is 16.4 Å². The number of ether oxygens (including phenoxy) is 3. The Morgan fingerprint density at radius 2 is 1.62 bits per heavy atom. The average Bonchev–Trinajstić information content (AvgIpc) is 3.07. The maximum Gasteiger partial charge on any atom is 0.573 e. The number of nitrogens with zero attached hydrogens (tertiary/aromatic N) is 1. The molecule has 0 aromatic heterocycles. The van der Waals surface area contributed by atoms with Crippen LogP contribution in [0, 0.1) is 0 Å². The van der Waals surface area contributed by atoms with Crippen molar-refractivity contribution in [2.24, 2.45) is 5.73 Å². The second-order valence-corrected chi connectivity index (χ2v) is 9.33. The normalized spacial score (nSPS) is 18.2. The zero-order valence-corrected chi connectivity index (χ0v) is 18.3. The molecule has 0 aliphatic carbocycles. The smallest absolute Gasteiger partial charge is 0.457 e. The number of halogens is 3. The third-order valence-corrected chi connectivity index (χ3v) is 6.79. The van der Waals surface area contributed by atoms with Crippen molar-refractivity contribution >= 4 is 21.8 Å². The maximum absolute atomic E-state index is 12.9. The van der Waals surface area contributed by atoms with Crippen LogP contribution in [0.5, 0.6) is 17.2 Å². The van der Waals surface area contributed by atoms with Gasteiger partial charge in [0.1, 0.15) is 29.9 Å². The highest BCUT2D eigenvalue weighted by Crippen LogP contribution is 2.30. The highest BCUT2D eigenvalue weighted by molar-refractivity contribution is 7.91. The number of alkyl halides is 3. The lowest BCUT2D eigenvalue weighted by atomic mass is 9.95. The Bertz CT molecular complexity index is 1170. The number of benzene rings is 2. The van der Waals surface area contributed by atoms with Gasteiger partial charge in [0.15, 0.2) is 15.4 Å². The number of hydrogen-bond donors (Lipinski definition) is 2. The third-order valence-electron chi connectivity index (χ3n) is 4.98. The molecule has 2 aromatic rings. The molecule has 1 saturated heterocycles. The molecular formula is C20H19F3N2O8S. The fourth-order valence-electron chi connectivity index (χ4n) is 3.21. The van der Waals surface area contributed by atoms with Crippen LogP contribution < -0.4 is 15.2 Å². The molecule has 1 unspecified atom stereocenters. The second-order valence-electron chi connectivity index (χ2n) is 7.34. The van der Waals surface area contributed by atoms with Crippen LogP contribution in [0.4, 0.5) is 18.0 Å². The molecule has 2 amide bonds. The molecule has 0 radical (unpaired) electrons. The summed E-state index contributed by atoms with van der Waals surface area (Å²) in [7, 11) is -3.05. The van der Waals surface area contributed by atoms with E-state index in [1.807, 2.05) is 0 Å². The number of rotatable bonds is 8. The number of likely N-dealkylation sites (N-methyl/N-ethyl adjacent to an activating group) is 1. The number of aliphatic hydroxyl groups is 1. The molecule has 14 heteroatoms. The lowest BCUT2D eigenvalue weighted by Crippen LogP contribution is -2.62. The lowest BCUT2D eigenvalue weighted by Gasteiger charge is -2.32. The van der Waals surface area contributed by atoms with E-state index in [0.717, 1.165) is 29.2 Å². The molecule has 1 heterocycles. The van der Waals surface area contributed by atoms with Crippen LogP contribution in [-0.4, -0.2) is 67.8 Å². The lowest BCUT2D eigenvalue weighted by molar-refractivity contribution is -0.274. The SMILES string of the molecule is CN1C(=O)OC[C@H]1C(O)(CS(=O)(=O)c1ccc(Oc2ccc(OC(F)(F)F)cc2)cc1)C(N)=O. The molecule has 184 valence electrons. The standard InChI is InChI=1S/C20H19F3N2O8S/c1-25-16(10-31-18(25)27)19(28,17(24)26)11-34(29,30)15-8-6-13(7-9-15)32-12-2-4-14(5-3-12)33-20(21,22)23/h2-9,16,28H,10-11H2,1H3,(H2,24,26)/t16-,19?/m0/s1. The molecule has 0 saturated carbocycles. The van der Waals surface area contributed by atoms with Gasteiger partial charge in [-0.25, -0.2) is 13.2 Å². The predicted molar refractivity (Wildman–Crippen MR) is 109 cm³/mol. The second kappa shape index (κ2) is 9.02. The minimum atomic E-state index is -4.83. The Hall–Kier alpha value is -3.52. The van der Waals surface area contributed by atoms with Gasteiger partial charge in [-0.1, -0.05) is 0 Å². The fourth-order valence-corrected chi connectivity index (χ4v) is 4.85. The summed E-state index contributed by atoms with van der Waals surface area (Å²) in [6.45, 7) is -0.427. The van der Waals surface area contributed by atoms with Crippen molar-refractivity contribution in [1.29, 1.82) is 0 Å². The van der Waals surface area contributed by atoms with Crippen LogP contribution in [0.3, 0.4) is 0 Å². The van der Waals surface area contributed by atoms with Gasteiger partial charge in [0.25, 0.3) is 5.91 Å². The van der Waals surface area contributed by atoms with Gasteiger partial charge in [-0.15, -0.1) is 13.2 Å². The first-order valence-corrected chi connectivity index (χ1v) is 11.1. The maximum atomic E-state index is 12.9. The number of carbonyl (C=O) groups is 2. The Balaban J connectivity index is 1.74. The van der Waals surface area contributed by atoms with E-state index in [4.69, 9.17) is 15.2 Å². The summed E-state index contributed by atoms with van der Waals surface area (Å²) in [6.07, 6.45) is -5.68. The minimum absolute atomic E-state index is 0.155. The quantitative estimate of drug-likeness (QED) is 0.554. The Morgan fingerprint density at radius 3 is 2.06 bits per heavy atom. The molecule has 1 aliphatic rings. The first-order valence-electron chi connectivity index (χ1n) is 9.50. The molecule has 34 heavy (non-hydrogen) atoms. The number of hydrogen-bond acceptors (Lipinski definition) is 8. The van der Waals surface area contributed by atoms with Crippen molar-refractivity contribution in [3.8, 4) is 17.2 Å². The molecule has 0 spiro atoms. The summed E-state index contributed by atoms with van der Waals surface area (Å²) >= 11 is 0. The van der Waals surface area contributed by atoms with Crippen molar-refractivity contribution in [2.45, 2.75) is 22.9 Å². The summed E-state index contributed by atoms with van der Waals surface area (Å²) in [5.41, 5.74) is 2.64. The number of amides is 2. The zero-order chi connectivity index (χ0) is 25.3. The van der Waals surface area contributed by atoms with Gasteiger partial charge < -0.3 is 30.0 Å². The van der Waals surface area contributed by atoms with Gasteiger partial charge >= 0.3 is 12.5 Å². The van der Waals surface area contributed by atoms with Crippen molar-refractivity contribution in [1.82, 2.24) is 4.90 Å². The van der Waals surface area contributed by atoms with E-state index in [1.165, 1.54) is 31.3 Å². The molecular weight excluding hydrogens is 485 g/mol. The first-order chi connectivity index (χ1) is 15.7. The summed E-state index contributed by atoms with van der Waals surface area (Å²) in [5.74, 6) is -2.58. The van der Waals surface area contributed by atoms with Gasteiger partial charge in [0.05, 0.1) is 10.6 Å². The minimum Gasteiger partial charge on any atom is -0.457 e. The Kier molecular flexibility index (Phi) is 6.66. The molecule has 1 aliphatic heterocycles. The van der Waals surface area contributed by atoms with Crippen LogP contribution in [0.1, 0.15) is 0 Å². The number of carbonyl (C=O) groups excluding carboxylic acids is 2. The van der Waals surface area contributed by atoms with Crippen LogP contribution >= 0.6 is 0 Å². The van der Waals surface area contributed by atoms with Crippen LogP contribution in [0.15, 0.2) is 53.4 Å². The Labute approximate surface area is 191 Å². The van der Waals surface area contributed by atoms with E-state index >= 15 is 0 Å². The number of sulfone groups is 1. The highest BCUT2D eigenvalue weighted by atomic mass is 32.2. The van der Waals surface area contributed by atoms with Crippen molar-refractivity contribution in [3.05, 3.63) is 48.5 Å². The average molecular weight is 504 g/mol. The molecule has 2 atom stereocenters. The summed E-state index contributed by atoms with van der Waals surface area (Å²) in [4.78, 5) is 24.1. The van der Waals surface area contributed by atoms with Crippen molar-refractivity contribution in [2.75, 3.05) is 19.4 Å². The molecule has 0 bridgehead atoms. The monoisotopic (exact) mass is 504 g/mol. The van der Waals surface area contributed by atoms with Gasteiger partial charge in [-0.2, -0.15) is 0 Å². The van der Waals surface area contributed by atoms with Gasteiger partial charge in [0.2, 0.25) is 0 Å². The number of cyclic esters (lactones) is 1. The molecule has 3 N–H and O–H groups in total. The predicted octanol–water partition coefficient (Wildman–Crippen LogP) is 1.82. The number of primary amides is 1. The molecule has 3 rings (SSSR count). The topological polar surface area (TPSA) is 145 Å². The van der Waals surface area contributed by atoms with Crippen LogP contribution in [0.2, 0.25) is 0 Å². The van der Waals surface area contributed by atoms with E-state index in [1.54, 1.807) is 0 Å². The molecule has 10 nitrogen and oxygen atoms in total. The van der Waals surface area contributed by atoms with E-state index < -0.39 is 58.0 Å². The fraction of sp³-hybridized carbons (Fsp3) is 0.300. The first kappa shape index (κ1) is 25.1. The molecule has 2 aromatic carbocycles. The van der Waals surface area contributed by atoms with Gasteiger partial charge in [-0.05, 0) is 48.5 Å². The third kappa shape index (κ3) is 5.51. The van der Waals surface area contributed by atoms with E-state index in [9.17, 15) is 36.3 Å². The summed E-state index contributed by atoms with van der Waals surface area (Å²) in [5, 5.41) is 10.8.